The summed E-state index contributed by atoms with van der Waals surface area (Å²) in [6.07, 6.45) is 20.6. The lowest BCUT2D eigenvalue weighted by Gasteiger charge is -2.14. The maximum absolute atomic E-state index is 11.8. The maximum atomic E-state index is 11.8. The van der Waals surface area contributed by atoms with Gasteiger partial charge in [0.1, 0.15) is 0 Å². The molecule has 0 aromatic rings. The molecule has 0 rings (SSSR count). The minimum atomic E-state index is -0.825. The van der Waals surface area contributed by atoms with Crippen LogP contribution in [0.4, 0.5) is 0 Å². The first-order valence-electron chi connectivity index (χ1n) is 14.3. The Morgan fingerprint density at radius 2 is 1.28 bits per heavy atom. The van der Waals surface area contributed by atoms with Gasteiger partial charge >= 0.3 is 5.97 Å². The van der Waals surface area contributed by atoms with Crippen LogP contribution in [-0.4, -0.2) is 35.0 Å². The number of carbonyl (C=O) groups excluding carboxylic acids is 1. The Hall–Kier alpha value is -1.65. The fourth-order valence-electron chi connectivity index (χ4n) is 4.07. The summed E-state index contributed by atoms with van der Waals surface area (Å²) in [7, 11) is 0. The van der Waals surface area contributed by atoms with E-state index in [9.17, 15) is 15.0 Å². The zero-order valence-corrected chi connectivity index (χ0v) is 24.3. The van der Waals surface area contributed by atoms with Crippen molar-refractivity contribution in [2.75, 3.05) is 6.61 Å². The van der Waals surface area contributed by atoms with Gasteiger partial charge in [-0.25, -0.2) is 0 Å². The van der Waals surface area contributed by atoms with Gasteiger partial charge in [0.25, 0.3) is 0 Å². The second kappa shape index (κ2) is 22.5. The molecule has 0 saturated heterocycles. The molecule has 208 valence electrons. The van der Waals surface area contributed by atoms with Crippen molar-refractivity contribution in [3.05, 3.63) is 46.6 Å². The SMILES string of the molecule is CCCC(O)CC(O)CC(=O)OCCCCC/C(C)=C/CC/C=C(\C)CC/C=C(\C)CCC=C(C)C. The number of hydrogen-bond donors (Lipinski definition) is 2. The normalized spacial score (nSPS) is 14.5. The lowest BCUT2D eigenvalue weighted by atomic mass is 10.0. The summed E-state index contributed by atoms with van der Waals surface area (Å²) in [4.78, 5) is 11.8. The van der Waals surface area contributed by atoms with Crippen LogP contribution in [-0.2, 0) is 9.53 Å². The molecule has 2 atom stereocenters. The molecule has 0 aromatic carbocycles. The van der Waals surface area contributed by atoms with Gasteiger partial charge in [0.2, 0.25) is 0 Å². The first-order valence-corrected chi connectivity index (χ1v) is 14.3. The molecule has 0 aliphatic rings. The van der Waals surface area contributed by atoms with Crippen LogP contribution in [0.2, 0.25) is 0 Å². The molecule has 0 amide bonds. The van der Waals surface area contributed by atoms with E-state index in [0.717, 1.165) is 70.6 Å². The molecule has 0 aliphatic carbocycles. The average Bonchev–Trinajstić information content (AvgIpc) is 2.78. The van der Waals surface area contributed by atoms with Crippen LogP contribution < -0.4 is 0 Å². The van der Waals surface area contributed by atoms with Gasteiger partial charge in [-0.3, -0.25) is 4.79 Å². The molecule has 4 heteroatoms. The average molecular weight is 505 g/mol. The van der Waals surface area contributed by atoms with E-state index in [1.807, 2.05) is 6.92 Å². The maximum Gasteiger partial charge on any atom is 0.308 e. The standard InChI is InChI=1S/C32H56O4/c1-7-15-30(33)24-31(34)25-32(35)36-23-12-8-9-17-27(4)18-10-11-19-28(5)21-14-22-29(6)20-13-16-26(2)3/h16,18-19,22,30-31,33-34H,7-15,17,20-21,23-25H2,1-6H3/b27-18+,28-19+,29-22+. The Kier molecular flexibility index (Phi) is 21.5. The molecule has 0 heterocycles. The topological polar surface area (TPSA) is 66.8 Å². The number of rotatable bonds is 21. The number of allylic oxidation sites excluding steroid dienone is 8. The van der Waals surface area contributed by atoms with E-state index in [0.29, 0.717) is 13.0 Å². The first-order chi connectivity index (χ1) is 17.1. The highest BCUT2D eigenvalue weighted by Crippen LogP contribution is 2.14. The van der Waals surface area contributed by atoms with Crippen LogP contribution >= 0.6 is 0 Å². The van der Waals surface area contributed by atoms with Crippen molar-refractivity contribution in [1.29, 1.82) is 0 Å². The molecule has 0 fully saturated rings. The van der Waals surface area contributed by atoms with E-state index in [2.05, 4.69) is 58.9 Å². The van der Waals surface area contributed by atoms with Crippen molar-refractivity contribution in [2.45, 2.75) is 144 Å². The van der Waals surface area contributed by atoms with Gasteiger partial charge < -0.3 is 14.9 Å². The second-order valence-corrected chi connectivity index (χ2v) is 10.7. The number of aliphatic hydroxyl groups excluding tert-OH is 2. The van der Waals surface area contributed by atoms with Crippen molar-refractivity contribution in [3.8, 4) is 0 Å². The quantitative estimate of drug-likeness (QED) is 0.0933. The highest BCUT2D eigenvalue weighted by Gasteiger charge is 2.15. The third-order valence-electron chi connectivity index (χ3n) is 6.32. The predicted molar refractivity (Wildman–Crippen MR) is 154 cm³/mol. The number of ether oxygens (including phenoxy) is 1. The highest BCUT2D eigenvalue weighted by atomic mass is 16.5. The number of carbonyl (C=O) groups is 1. The number of hydrogen-bond acceptors (Lipinski definition) is 4. The molecule has 36 heavy (non-hydrogen) atoms. The first kappa shape index (κ1) is 34.4. The summed E-state index contributed by atoms with van der Waals surface area (Å²) in [5.41, 5.74) is 5.81. The summed E-state index contributed by atoms with van der Waals surface area (Å²) >= 11 is 0. The summed E-state index contributed by atoms with van der Waals surface area (Å²) < 4.78 is 5.22. The highest BCUT2D eigenvalue weighted by molar-refractivity contribution is 5.69. The minimum absolute atomic E-state index is 0.0382. The van der Waals surface area contributed by atoms with Gasteiger partial charge in [-0.15, -0.1) is 0 Å². The molecule has 0 bridgehead atoms. The van der Waals surface area contributed by atoms with Gasteiger partial charge in [0.15, 0.2) is 0 Å². The Balaban J connectivity index is 3.87. The van der Waals surface area contributed by atoms with Crippen molar-refractivity contribution in [3.63, 3.8) is 0 Å². The Labute approximate surface area is 222 Å². The van der Waals surface area contributed by atoms with E-state index in [1.54, 1.807) is 0 Å². The van der Waals surface area contributed by atoms with Crippen LogP contribution in [0.3, 0.4) is 0 Å². The molecule has 0 aliphatic heterocycles. The smallest absolute Gasteiger partial charge is 0.308 e. The van der Waals surface area contributed by atoms with Crippen LogP contribution in [0.1, 0.15) is 131 Å². The summed E-state index contributed by atoms with van der Waals surface area (Å²) in [5, 5.41) is 19.6. The molecule has 0 radical (unpaired) electrons. The van der Waals surface area contributed by atoms with Gasteiger partial charge in [0.05, 0.1) is 25.2 Å². The van der Waals surface area contributed by atoms with Crippen molar-refractivity contribution in [1.82, 2.24) is 0 Å². The van der Waals surface area contributed by atoms with Crippen molar-refractivity contribution in [2.24, 2.45) is 0 Å². The molecule has 2 unspecified atom stereocenters. The Morgan fingerprint density at radius 3 is 1.86 bits per heavy atom. The van der Waals surface area contributed by atoms with E-state index in [1.165, 1.54) is 22.3 Å². The van der Waals surface area contributed by atoms with Crippen LogP contribution in [0, 0.1) is 0 Å². The number of unbranched alkanes of at least 4 members (excludes halogenated alkanes) is 3. The Bertz CT molecular complexity index is 695. The molecule has 2 N–H and O–H groups in total. The predicted octanol–water partition coefficient (Wildman–Crippen LogP) is 8.54. The molecule has 4 nitrogen and oxygen atoms in total. The minimum Gasteiger partial charge on any atom is -0.466 e. The van der Waals surface area contributed by atoms with E-state index >= 15 is 0 Å². The molecule has 0 spiro atoms. The second-order valence-electron chi connectivity index (χ2n) is 10.7. The number of aliphatic hydroxyl groups is 2. The fraction of sp³-hybridized carbons (Fsp3) is 0.719. The van der Waals surface area contributed by atoms with E-state index < -0.39 is 12.2 Å². The molecule has 0 saturated carbocycles. The fourth-order valence-corrected chi connectivity index (χ4v) is 4.07. The zero-order valence-electron chi connectivity index (χ0n) is 24.3. The monoisotopic (exact) mass is 504 g/mol. The lowest BCUT2D eigenvalue weighted by molar-refractivity contribution is -0.146. The van der Waals surface area contributed by atoms with Crippen LogP contribution in [0.25, 0.3) is 0 Å². The lowest BCUT2D eigenvalue weighted by Crippen LogP contribution is -2.22. The van der Waals surface area contributed by atoms with Gasteiger partial charge in [-0.2, -0.15) is 0 Å². The largest absolute Gasteiger partial charge is 0.466 e. The van der Waals surface area contributed by atoms with Crippen molar-refractivity contribution < 1.29 is 19.7 Å². The van der Waals surface area contributed by atoms with E-state index in [4.69, 9.17) is 4.74 Å². The van der Waals surface area contributed by atoms with E-state index in [-0.39, 0.29) is 18.8 Å². The third kappa shape index (κ3) is 22.8. The summed E-state index contributed by atoms with van der Waals surface area (Å²) in [6, 6.07) is 0. The molecular formula is C32H56O4. The van der Waals surface area contributed by atoms with Gasteiger partial charge in [-0.05, 0) is 112 Å². The third-order valence-corrected chi connectivity index (χ3v) is 6.32. The van der Waals surface area contributed by atoms with Crippen LogP contribution in [0.15, 0.2) is 46.6 Å². The summed E-state index contributed by atoms with van der Waals surface area (Å²) in [5.74, 6) is -0.378. The molecular weight excluding hydrogens is 448 g/mol. The molecule has 0 aromatic heterocycles. The van der Waals surface area contributed by atoms with Crippen LogP contribution in [0.5, 0.6) is 0 Å². The van der Waals surface area contributed by atoms with Gasteiger partial charge in [-0.1, -0.05) is 59.9 Å². The zero-order chi connectivity index (χ0) is 27.2. The van der Waals surface area contributed by atoms with Crippen molar-refractivity contribution >= 4 is 5.97 Å². The van der Waals surface area contributed by atoms with Gasteiger partial charge in [0, 0.05) is 0 Å². The summed E-state index contributed by atoms with van der Waals surface area (Å²) in [6.45, 7) is 13.4. The number of esters is 1. The Morgan fingerprint density at radius 1 is 0.722 bits per heavy atom.